The van der Waals surface area contributed by atoms with E-state index in [1.165, 1.54) is 12.2 Å². The van der Waals surface area contributed by atoms with Gasteiger partial charge < -0.3 is 29.9 Å². The number of hydrogen-bond donors (Lipinski definition) is 4. The molecule has 0 saturated carbocycles. The van der Waals surface area contributed by atoms with Crippen molar-refractivity contribution in [3.63, 3.8) is 0 Å². The van der Waals surface area contributed by atoms with Gasteiger partial charge in [-0.1, -0.05) is 17.7 Å². The second kappa shape index (κ2) is 7.19. The van der Waals surface area contributed by atoms with Crippen molar-refractivity contribution in [3.8, 4) is 11.5 Å². The van der Waals surface area contributed by atoms with Crippen LogP contribution >= 0.6 is 11.6 Å². The number of aliphatic hydroxyl groups is 2. The zero-order valence-corrected chi connectivity index (χ0v) is 14.7. The molecule has 1 saturated heterocycles. The van der Waals surface area contributed by atoms with E-state index in [0.29, 0.717) is 12.8 Å². The number of phenolic OH excluding ortho intramolecular Hbond substituents is 2. The van der Waals surface area contributed by atoms with Crippen LogP contribution in [0.5, 0.6) is 11.5 Å². The Morgan fingerprint density at radius 3 is 2.58 bits per heavy atom. The SMILES string of the molecule is CC1CC2OC2CC(O)/C=C\C(O)=C\c2c(Cl)c(O)cc(O)c2C(=O)O1. The average Bonchev–Trinajstić information content (AvgIpc) is 3.26. The van der Waals surface area contributed by atoms with Crippen LogP contribution in [0.2, 0.25) is 5.02 Å². The Labute approximate surface area is 154 Å². The van der Waals surface area contributed by atoms with Gasteiger partial charge in [0.05, 0.1) is 23.3 Å². The molecule has 0 bridgehead atoms. The second-order valence-corrected chi connectivity index (χ2v) is 6.79. The van der Waals surface area contributed by atoms with Gasteiger partial charge in [-0.25, -0.2) is 4.79 Å². The Balaban J connectivity index is 2.06. The topological polar surface area (TPSA) is 120 Å². The van der Waals surface area contributed by atoms with Crippen molar-refractivity contribution in [2.24, 2.45) is 0 Å². The van der Waals surface area contributed by atoms with Gasteiger partial charge in [-0.2, -0.15) is 0 Å². The zero-order chi connectivity index (χ0) is 19.0. The van der Waals surface area contributed by atoms with Crippen molar-refractivity contribution < 1.29 is 34.7 Å². The molecule has 3 rings (SSSR count). The Kier molecular flexibility index (Phi) is 5.13. The summed E-state index contributed by atoms with van der Waals surface area (Å²) in [5.74, 6) is -2.15. The third-order valence-electron chi connectivity index (χ3n) is 4.28. The van der Waals surface area contributed by atoms with Gasteiger partial charge in [0.25, 0.3) is 0 Å². The van der Waals surface area contributed by atoms with Crippen LogP contribution in [0.1, 0.15) is 35.7 Å². The number of aliphatic hydroxyl groups excluding tert-OH is 2. The fourth-order valence-electron chi connectivity index (χ4n) is 2.93. The summed E-state index contributed by atoms with van der Waals surface area (Å²) in [6.45, 7) is 1.69. The van der Waals surface area contributed by atoms with E-state index >= 15 is 0 Å². The number of aromatic hydroxyl groups is 2. The third-order valence-corrected chi connectivity index (χ3v) is 4.68. The number of ether oxygens (including phenoxy) is 2. The summed E-state index contributed by atoms with van der Waals surface area (Å²) in [5.41, 5.74) is -0.360. The molecule has 0 spiro atoms. The number of epoxide rings is 1. The number of esters is 1. The van der Waals surface area contributed by atoms with Gasteiger partial charge in [0, 0.05) is 24.5 Å². The minimum absolute atomic E-state index is 0.0874. The Morgan fingerprint density at radius 2 is 1.85 bits per heavy atom. The molecular weight excluding hydrogens is 364 g/mol. The van der Waals surface area contributed by atoms with Crippen molar-refractivity contribution >= 4 is 23.6 Å². The first-order chi connectivity index (χ1) is 12.3. The van der Waals surface area contributed by atoms with Crippen LogP contribution in [-0.2, 0) is 9.47 Å². The molecule has 1 aromatic rings. The van der Waals surface area contributed by atoms with E-state index in [2.05, 4.69) is 0 Å². The first kappa shape index (κ1) is 18.6. The number of carbonyl (C=O) groups is 1. The minimum atomic E-state index is -0.839. The number of carbonyl (C=O) groups excluding carboxylic acids is 1. The summed E-state index contributed by atoms with van der Waals surface area (Å²) in [5, 5.41) is 39.7. The standard InChI is InChI=1S/C18H19ClO7/c1-8-4-14-15(26-14)6-10(21)3-2-9(20)5-11-16(18(24)25-8)12(22)7-13(23)17(11)19/h2-3,5,7-8,10,14-15,20-23H,4,6H2,1H3/b3-2-,9-5-. The van der Waals surface area contributed by atoms with Gasteiger partial charge in [0.1, 0.15) is 28.9 Å². The lowest BCUT2D eigenvalue weighted by atomic mass is 10.0. The Hall–Kier alpha value is -2.22. The van der Waals surface area contributed by atoms with E-state index in [-0.39, 0.29) is 34.1 Å². The smallest absolute Gasteiger partial charge is 0.342 e. The quantitative estimate of drug-likeness (QED) is 0.402. The fraction of sp³-hybridized carbons (Fsp3) is 0.389. The summed E-state index contributed by atoms with van der Waals surface area (Å²) in [6, 6.07) is 0.931. The lowest BCUT2D eigenvalue weighted by Gasteiger charge is -2.16. The molecule has 140 valence electrons. The van der Waals surface area contributed by atoms with Gasteiger partial charge in [-0.05, 0) is 19.1 Å². The largest absolute Gasteiger partial charge is 0.508 e. The van der Waals surface area contributed by atoms with Gasteiger partial charge in [-0.3, -0.25) is 0 Å². The van der Waals surface area contributed by atoms with E-state index in [9.17, 15) is 25.2 Å². The molecule has 2 aliphatic rings. The van der Waals surface area contributed by atoms with E-state index in [4.69, 9.17) is 21.1 Å². The number of phenols is 2. The van der Waals surface area contributed by atoms with E-state index in [1.807, 2.05) is 0 Å². The van der Waals surface area contributed by atoms with Gasteiger partial charge >= 0.3 is 5.97 Å². The van der Waals surface area contributed by atoms with Gasteiger partial charge in [-0.15, -0.1) is 0 Å². The summed E-state index contributed by atoms with van der Waals surface area (Å²) in [6.07, 6.45) is 2.91. The predicted molar refractivity (Wildman–Crippen MR) is 93.3 cm³/mol. The molecule has 4 atom stereocenters. The molecule has 7 nitrogen and oxygen atoms in total. The summed E-state index contributed by atoms with van der Waals surface area (Å²) >= 11 is 6.04. The molecule has 2 heterocycles. The van der Waals surface area contributed by atoms with Crippen LogP contribution in [0, 0.1) is 0 Å². The molecule has 26 heavy (non-hydrogen) atoms. The lowest BCUT2D eigenvalue weighted by Crippen LogP contribution is -2.19. The molecule has 8 heteroatoms. The maximum atomic E-state index is 12.5. The molecule has 0 aromatic heterocycles. The Bertz CT molecular complexity index is 786. The van der Waals surface area contributed by atoms with Gasteiger partial charge in [0.15, 0.2) is 0 Å². The zero-order valence-electron chi connectivity index (χ0n) is 13.9. The number of fused-ring (bicyclic) bond motifs is 2. The van der Waals surface area contributed by atoms with Gasteiger partial charge in [0.2, 0.25) is 0 Å². The molecule has 0 radical (unpaired) electrons. The number of cyclic esters (lactones) is 1. The molecule has 4 unspecified atom stereocenters. The van der Waals surface area contributed by atoms with E-state index in [0.717, 1.165) is 12.1 Å². The van der Waals surface area contributed by atoms with Crippen molar-refractivity contribution in [1.82, 2.24) is 0 Å². The van der Waals surface area contributed by atoms with Crippen LogP contribution in [-0.4, -0.2) is 50.8 Å². The number of hydrogen-bond acceptors (Lipinski definition) is 7. The average molecular weight is 383 g/mol. The van der Waals surface area contributed by atoms with E-state index in [1.54, 1.807) is 6.92 Å². The minimum Gasteiger partial charge on any atom is -0.508 e. The molecular formula is C18H19ClO7. The number of rotatable bonds is 0. The van der Waals surface area contributed by atoms with Crippen molar-refractivity contribution in [3.05, 3.63) is 40.1 Å². The first-order valence-electron chi connectivity index (χ1n) is 8.14. The lowest BCUT2D eigenvalue weighted by molar-refractivity contribution is 0.0306. The predicted octanol–water partition coefficient (Wildman–Crippen LogP) is 2.67. The monoisotopic (exact) mass is 382 g/mol. The summed E-state index contributed by atoms with van der Waals surface area (Å²) in [7, 11) is 0. The highest BCUT2D eigenvalue weighted by atomic mass is 35.5. The number of allylic oxidation sites excluding steroid dienone is 1. The highest BCUT2D eigenvalue weighted by molar-refractivity contribution is 6.34. The highest BCUT2D eigenvalue weighted by Crippen LogP contribution is 2.38. The second-order valence-electron chi connectivity index (χ2n) is 6.41. The third kappa shape index (κ3) is 3.95. The van der Waals surface area contributed by atoms with E-state index < -0.39 is 29.7 Å². The van der Waals surface area contributed by atoms with Crippen molar-refractivity contribution in [2.75, 3.05) is 0 Å². The highest BCUT2D eigenvalue weighted by Gasteiger charge is 2.41. The molecule has 1 aromatic carbocycles. The van der Waals surface area contributed by atoms with Crippen molar-refractivity contribution in [2.45, 2.75) is 44.2 Å². The molecule has 4 N–H and O–H groups in total. The van der Waals surface area contributed by atoms with Crippen LogP contribution < -0.4 is 0 Å². The Morgan fingerprint density at radius 1 is 1.15 bits per heavy atom. The maximum Gasteiger partial charge on any atom is 0.342 e. The van der Waals surface area contributed by atoms with Crippen LogP contribution in [0.15, 0.2) is 24.0 Å². The van der Waals surface area contributed by atoms with Crippen LogP contribution in [0.4, 0.5) is 0 Å². The molecule has 1 fully saturated rings. The maximum absolute atomic E-state index is 12.5. The first-order valence-corrected chi connectivity index (χ1v) is 8.52. The molecule has 0 aliphatic carbocycles. The summed E-state index contributed by atoms with van der Waals surface area (Å²) in [4.78, 5) is 12.5. The fourth-order valence-corrected chi connectivity index (χ4v) is 3.14. The number of halogens is 1. The normalized spacial score (nSPS) is 32.3. The summed E-state index contributed by atoms with van der Waals surface area (Å²) < 4.78 is 10.8. The van der Waals surface area contributed by atoms with Crippen LogP contribution in [0.25, 0.3) is 6.08 Å². The number of benzene rings is 1. The van der Waals surface area contributed by atoms with Crippen LogP contribution in [0.3, 0.4) is 0 Å². The molecule has 2 aliphatic heterocycles. The van der Waals surface area contributed by atoms with Crippen molar-refractivity contribution in [1.29, 1.82) is 0 Å². The molecule has 0 amide bonds.